The summed E-state index contributed by atoms with van der Waals surface area (Å²) in [5.41, 5.74) is 8.62. The van der Waals surface area contributed by atoms with Crippen LogP contribution in [0, 0.1) is 6.92 Å². The van der Waals surface area contributed by atoms with Crippen LogP contribution in [0.1, 0.15) is 5.69 Å². The van der Waals surface area contributed by atoms with E-state index < -0.39 is 0 Å². The van der Waals surface area contributed by atoms with Crippen molar-refractivity contribution in [3.63, 3.8) is 0 Å². The average molecular weight is 208 g/mol. The van der Waals surface area contributed by atoms with Crippen molar-refractivity contribution < 1.29 is 0 Å². The molecule has 0 radical (unpaired) electrons. The van der Waals surface area contributed by atoms with Gasteiger partial charge < -0.3 is 10.7 Å². The zero-order valence-corrected chi connectivity index (χ0v) is 8.47. The van der Waals surface area contributed by atoms with Gasteiger partial charge in [0.15, 0.2) is 0 Å². The summed E-state index contributed by atoms with van der Waals surface area (Å²) in [6.07, 6.45) is 3.46. The minimum absolute atomic E-state index is 0.475. The van der Waals surface area contributed by atoms with Crippen molar-refractivity contribution in [2.24, 2.45) is 0 Å². The van der Waals surface area contributed by atoms with Crippen LogP contribution in [-0.2, 0) is 0 Å². The molecule has 0 aliphatic carbocycles. The van der Waals surface area contributed by atoms with E-state index in [4.69, 9.17) is 17.3 Å². The second kappa shape index (κ2) is 3.35. The molecule has 0 atom stereocenters. The smallest absolute Gasteiger partial charge is 0.124 e. The highest BCUT2D eigenvalue weighted by molar-refractivity contribution is 6.33. The molecular formula is C10H10ClN3. The van der Waals surface area contributed by atoms with Crippen molar-refractivity contribution in [2.45, 2.75) is 6.92 Å². The molecule has 72 valence electrons. The molecule has 0 aliphatic heterocycles. The van der Waals surface area contributed by atoms with Crippen molar-refractivity contribution in [3.8, 4) is 11.1 Å². The zero-order chi connectivity index (χ0) is 10.1. The summed E-state index contributed by atoms with van der Waals surface area (Å²) in [4.78, 5) is 7.00. The second-order valence-electron chi connectivity index (χ2n) is 3.16. The van der Waals surface area contributed by atoms with Crippen LogP contribution >= 0.6 is 11.6 Å². The van der Waals surface area contributed by atoms with Gasteiger partial charge in [0.1, 0.15) is 5.82 Å². The van der Waals surface area contributed by atoms with Crippen LogP contribution in [0.15, 0.2) is 24.5 Å². The molecule has 0 spiro atoms. The van der Waals surface area contributed by atoms with Crippen molar-refractivity contribution in [2.75, 3.05) is 5.73 Å². The van der Waals surface area contributed by atoms with E-state index in [2.05, 4.69) is 9.97 Å². The SMILES string of the molecule is Cc1cc(-c2cc(N)ncc2Cl)c[nH]1. The highest BCUT2D eigenvalue weighted by Gasteiger charge is 2.05. The first-order chi connectivity index (χ1) is 6.66. The Bertz CT molecular complexity index is 462. The van der Waals surface area contributed by atoms with E-state index >= 15 is 0 Å². The maximum Gasteiger partial charge on any atom is 0.124 e. The predicted molar refractivity (Wildman–Crippen MR) is 58.2 cm³/mol. The van der Waals surface area contributed by atoms with Gasteiger partial charge in [-0.15, -0.1) is 0 Å². The van der Waals surface area contributed by atoms with Crippen molar-refractivity contribution in [1.29, 1.82) is 0 Å². The minimum atomic E-state index is 0.475. The molecule has 14 heavy (non-hydrogen) atoms. The number of aromatic nitrogens is 2. The predicted octanol–water partition coefficient (Wildman–Crippen LogP) is 2.62. The number of aromatic amines is 1. The standard InChI is InChI=1S/C10H10ClN3/c1-6-2-7(4-13-6)8-3-10(12)14-5-9(8)11/h2-5,13H,1H3,(H2,12,14). The summed E-state index contributed by atoms with van der Waals surface area (Å²) >= 11 is 6.01. The third-order valence-corrected chi connectivity index (χ3v) is 2.32. The van der Waals surface area contributed by atoms with Gasteiger partial charge in [0, 0.05) is 29.2 Å². The van der Waals surface area contributed by atoms with Gasteiger partial charge in [-0.05, 0) is 19.1 Å². The van der Waals surface area contributed by atoms with Crippen LogP contribution in [0.25, 0.3) is 11.1 Å². The molecule has 0 saturated heterocycles. The summed E-state index contributed by atoms with van der Waals surface area (Å²) < 4.78 is 0. The molecule has 0 fully saturated rings. The first-order valence-electron chi connectivity index (χ1n) is 4.23. The number of nitrogens with one attached hydrogen (secondary N) is 1. The fourth-order valence-corrected chi connectivity index (χ4v) is 1.55. The Labute approximate surface area is 86.9 Å². The third-order valence-electron chi connectivity index (χ3n) is 2.01. The number of nitrogens with two attached hydrogens (primary N) is 1. The second-order valence-corrected chi connectivity index (χ2v) is 3.57. The molecule has 3 N–H and O–H groups in total. The van der Waals surface area contributed by atoms with E-state index in [9.17, 15) is 0 Å². The van der Waals surface area contributed by atoms with Crippen molar-refractivity contribution >= 4 is 17.4 Å². The molecule has 0 aliphatic rings. The Morgan fingerprint density at radius 3 is 2.86 bits per heavy atom. The van der Waals surface area contributed by atoms with Crippen LogP contribution in [-0.4, -0.2) is 9.97 Å². The lowest BCUT2D eigenvalue weighted by atomic mass is 10.1. The Morgan fingerprint density at radius 1 is 1.43 bits per heavy atom. The molecule has 0 unspecified atom stereocenters. The molecule has 0 saturated carbocycles. The molecule has 0 bridgehead atoms. The van der Waals surface area contributed by atoms with Gasteiger partial charge in [0.2, 0.25) is 0 Å². The molecule has 3 nitrogen and oxygen atoms in total. The number of pyridine rings is 1. The van der Waals surface area contributed by atoms with Crippen molar-refractivity contribution in [3.05, 3.63) is 35.2 Å². The number of rotatable bonds is 1. The zero-order valence-electron chi connectivity index (χ0n) is 7.71. The van der Waals surface area contributed by atoms with Gasteiger partial charge in [0.25, 0.3) is 0 Å². The lowest BCUT2D eigenvalue weighted by molar-refractivity contribution is 1.27. The summed E-state index contributed by atoms with van der Waals surface area (Å²) in [5, 5.41) is 0.609. The summed E-state index contributed by atoms with van der Waals surface area (Å²) in [7, 11) is 0. The molecule has 2 rings (SSSR count). The molecular weight excluding hydrogens is 198 g/mol. The van der Waals surface area contributed by atoms with Crippen LogP contribution in [0.4, 0.5) is 5.82 Å². The van der Waals surface area contributed by atoms with Crippen LogP contribution in [0.3, 0.4) is 0 Å². The van der Waals surface area contributed by atoms with Gasteiger partial charge in [-0.3, -0.25) is 0 Å². The number of halogens is 1. The average Bonchev–Trinajstić information content (AvgIpc) is 2.56. The molecule has 2 aromatic heterocycles. The lowest BCUT2D eigenvalue weighted by Gasteiger charge is -2.01. The fraction of sp³-hybridized carbons (Fsp3) is 0.100. The normalized spacial score (nSPS) is 10.4. The molecule has 2 heterocycles. The van der Waals surface area contributed by atoms with Gasteiger partial charge in [-0.2, -0.15) is 0 Å². The van der Waals surface area contributed by atoms with E-state index in [1.807, 2.05) is 19.2 Å². The van der Waals surface area contributed by atoms with E-state index in [1.54, 1.807) is 12.3 Å². The number of nitrogen functional groups attached to an aromatic ring is 1. The first-order valence-corrected chi connectivity index (χ1v) is 4.61. The summed E-state index contributed by atoms with van der Waals surface area (Å²) in [6, 6.07) is 3.78. The Hall–Kier alpha value is -1.48. The molecule has 0 amide bonds. The van der Waals surface area contributed by atoms with Crippen LogP contribution in [0.5, 0.6) is 0 Å². The Balaban J connectivity index is 2.55. The highest BCUT2D eigenvalue weighted by Crippen LogP contribution is 2.28. The number of nitrogens with zero attached hydrogens (tertiary/aromatic N) is 1. The number of anilines is 1. The molecule has 4 heteroatoms. The minimum Gasteiger partial charge on any atom is -0.384 e. The van der Waals surface area contributed by atoms with E-state index in [-0.39, 0.29) is 0 Å². The maximum absolute atomic E-state index is 6.01. The lowest BCUT2D eigenvalue weighted by Crippen LogP contribution is -1.90. The van der Waals surface area contributed by atoms with E-state index in [0.29, 0.717) is 10.8 Å². The van der Waals surface area contributed by atoms with Gasteiger partial charge in [-0.25, -0.2) is 4.98 Å². The fourth-order valence-electron chi connectivity index (χ4n) is 1.34. The third kappa shape index (κ3) is 1.59. The Morgan fingerprint density at radius 2 is 2.21 bits per heavy atom. The van der Waals surface area contributed by atoms with Gasteiger partial charge in [0.05, 0.1) is 5.02 Å². The summed E-state index contributed by atoms with van der Waals surface area (Å²) in [5.74, 6) is 0.475. The number of hydrogen-bond donors (Lipinski definition) is 2. The summed E-state index contributed by atoms with van der Waals surface area (Å²) in [6.45, 7) is 1.99. The largest absolute Gasteiger partial charge is 0.384 e. The monoisotopic (exact) mass is 207 g/mol. The molecule has 2 aromatic rings. The first kappa shape index (κ1) is 9.09. The maximum atomic E-state index is 6.01. The number of aryl methyl sites for hydroxylation is 1. The van der Waals surface area contributed by atoms with E-state index in [1.165, 1.54) is 0 Å². The van der Waals surface area contributed by atoms with Crippen LogP contribution in [0.2, 0.25) is 5.02 Å². The quantitative estimate of drug-likeness (QED) is 0.755. The van der Waals surface area contributed by atoms with Gasteiger partial charge >= 0.3 is 0 Å². The Kier molecular flexibility index (Phi) is 2.17. The number of hydrogen-bond acceptors (Lipinski definition) is 2. The van der Waals surface area contributed by atoms with Crippen molar-refractivity contribution in [1.82, 2.24) is 9.97 Å². The highest BCUT2D eigenvalue weighted by atomic mass is 35.5. The van der Waals surface area contributed by atoms with E-state index in [0.717, 1.165) is 16.8 Å². The number of H-pyrrole nitrogens is 1. The van der Waals surface area contributed by atoms with Gasteiger partial charge in [-0.1, -0.05) is 11.6 Å². The molecule has 0 aromatic carbocycles. The van der Waals surface area contributed by atoms with Crippen LogP contribution < -0.4 is 5.73 Å². The topological polar surface area (TPSA) is 54.7 Å².